The third-order valence-corrected chi connectivity index (χ3v) is 6.06. The van der Waals surface area contributed by atoms with Gasteiger partial charge in [0.2, 0.25) is 11.8 Å². The summed E-state index contributed by atoms with van der Waals surface area (Å²) >= 11 is 0. The second kappa shape index (κ2) is 8.22. The molecule has 1 aliphatic heterocycles. The lowest BCUT2D eigenvalue weighted by Crippen LogP contribution is -2.42. The number of carbonyl (C=O) groups excluding carboxylic acids is 1. The molecule has 1 aliphatic carbocycles. The van der Waals surface area contributed by atoms with Crippen molar-refractivity contribution >= 4 is 11.6 Å². The van der Waals surface area contributed by atoms with Gasteiger partial charge >= 0.3 is 0 Å². The third kappa shape index (κ3) is 4.74. The van der Waals surface area contributed by atoms with Gasteiger partial charge in [0.05, 0.1) is 24.6 Å². The minimum Gasteiger partial charge on any atom is -0.380 e. The van der Waals surface area contributed by atoms with Crippen LogP contribution in [0.1, 0.15) is 50.6 Å². The number of pyridine rings is 1. The van der Waals surface area contributed by atoms with Crippen molar-refractivity contribution in [2.24, 2.45) is 5.41 Å². The number of rotatable bonds is 5. The van der Waals surface area contributed by atoms with E-state index in [1.807, 2.05) is 6.92 Å². The zero-order valence-corrected chi connectivity index (χ0v) is 17.2. The van der Waals surface area contributed by atoms with E-state index >= 15 is 0 Å². The second-order valence-electron chi connectivity index (χ2n) is 8.90. The maximum atomic E-state index is 14.6. The molecule has 0 unspecified atom stereocenters. The highest BCUT2D eigenvalue weighted by molar-refractivity contribution is 5.96. The largest absolute Gasteiger partial charge is 0.380 e. The summed E-state index contributed by atoms with van der Waals surface area (Å²) in [5, 5.41) is 2.83. The smallest absolute Gasteiger partial charge is 0.248 e. The zero-order valence-electron chi connectivity index (χ0n) is 17.2. The van der Waals surface area contributed by atoms with Crippen LogP contribution < -0.4 is 5.32 Å². The summed E-state index contributed by atoms with van der Waals surface area (Å²) in [7, 11) is 0. The van der Waals surface area contributed by atoms with Crippen LogP contribution in [0.2, 0.25) is 0 Å². The van der Waals surface area contributed by atoms with Crippen LogP contribution in [0.3, 0.4) is 0 Å². The molecule has 4 rings (SSSR count). The Morgan fingerprint density at radius 3 is 2.52 bits per heavy atom. The molecule has 31 heavy (non-hydrogen) atoms. The number of anilines is 1. The molecule has 166 valence electrons. The molecule has 4 nitrogen and oxygen atoms in total. The summed E-state index contributed by atoms with van der Waals surface area (Å²) in [4.78, 5) is 17.2. The van der Waals surface area contributed by atoms with Crippen LogP contribution in [-0.4, -0.2) is 30.0 Å². The Kier molecular flexibility index (Phi) is 5.77. The molecule has 1 aromatic heterocycles. The van der Waals surface area contributed by atoms with Gasteiger partial charge in [-0.05, 0) is 37.1 Å². The van der Waals surface area contributed by atoms with Crippen LogP contribution in [0.5, 0.6) is 0 Å². The number of nitrogens with one attached hydrogen (secondary N) is 1. The number of amides is 1. The number of aromatic nitrogens is 1. The average Bonchev–Trinajstić information content (AvgIpc) is 2.69. The van der Waals surface area contributed by atoms with Gasteiger partial charge in [0.15, 0.2) is 0 Å². The van der Waals surface area contributed by atoms with Gasteiger partial charge in [-0.2, -0.15) is 0 Å². The van der Waals surface area contributed by atoms with E-state index in [1.165, 1.54) is 12.3 Å². The van der Waals surface area contributed by atoms with E-state index in [2.05, 4.69) is 10.3 Å². The Balaban J connectivity index is 1.72. The quantitative estimate of drug-likeness (QED) is 0.613. The van der Waals surface area contributed by atoms with E-state index < -0.39 is 17.6 Å². The molecule has 1 N–H and O–H groups in total. The number of carbonyl (C=O) groups is 1. The Labute approximate surface area is 178 Å². The predicted molar refractivity (Wildman–Crippen MR) is 108 cm³/mol. The fourth-order valence-electron chi connectivity index (χ4n) is 4.28. The number of hydrogen-bond acceptors (Lipinski definition) is 3. The summed E-state index contributed by atoms with van der Waals surface area (Å²) in [6.07, 6.45) is 1.47. The predicted octanol–water partition coefficient (Wildman–Crippen LogP) is 5.68. The van der Waals surface area contributed by atoms with Crippen LogP contribution in [0.25, 0.3) is 11.1 Å². The Morgan fingerprint density at radius 2 is 1.87 bits per heavy atom. The molecule has 1 amide bonds. The van der Waals surface area contributed by atoms with Crippen molar-refractivity contribution in [3.8, 4) is 11.1 Å². The normalized spacial score (nSPS) is 20.2. The molecule has 0 radical (unpaired) electrons. The number of halogens is 4. The summed E-state index contributed by atoms with van der Waals surface area (Å²) in [6, 6.07) is 4.59. The molecule has 1 saturated heterocycles. The maximum absolute atomic E-state index is 14.6. The van der Waals surface area contributed by atoms with E-state index in [1.54, 1.807) is 0 Å². The van der Waals surface area contributed by atoms with E-state index in [4.69, 9.17) is 4.74 Å². The van der Waals surface area contributed by atoms with Crippen LogP contribution >= 0.6 is 0 Å². The van der Waals surface area contributed by atoms with Crippen LogP contribution in [0.15, 0.2) is 30.5 Å². The van der Waals surface area contributed by atoms with Crippen LogP contribution in [0, 0.1) is 17.0 Å². The van der Waals surface area contributed by atoms with Gasteiger partial charge in [-0.3, -0.25) is 9.78 Å². The Hall–Kier alpha value is -2.48. The lowest BCUT2D eigenvalue weighted by molar-refractivity contribution is -0.134. The molecule has 0 atom stereocenters. The summed E-state index contributed by atoms with van der Waals surface area (Å²) < 4.78 is 61.0. The summed E-state index contributed by atoms with van der Waals surface area (Å²) in [5.74, 6) is -4.61. The molecule has 2 heterocycles. The van der Waals surface area contributed by atoms with Gasteiger partial charge in [0.1, 0.15) is 11.6 Å². The topological polar surface area (TPSA) is 51.2 Å². The minimum absolute atomic E-state index is 0.0155. The lowest BCUT2D eigenvalue weighted by atomic mass is 9.82. The van der Waals surface area contributed by atoms with Crippen molar-refractivity contribution in [1.29, 1.82) is 0 Å². The number of nitrogens with zero attached hydrogens (tertiary/aromatic N) is 1. The third-order valence-electron chi connectivity index (χ3n) is 6.06. The first-order valence-corrected chi connectivity index (χ1v) is 10.4. The van der Waals surface area contributed by atoms with Crippen molar-refractivity contribution in [3.05, 3.63) is 47.8 Å². The number of ether oxygens (including phenoxy) is 1. The SMILES string of the molecule is CC1(CC(=O)Nc2c(-c3cc(F)ccc3F)ccnc2C2CCC(F)(F)CC2)COC1. The number of hydrogen-bond donors (Lipinski definition) is 1. The average molecular weight is 436 g/mol. The van der Waals surface area contributed by atoms with Crippen molar-refractivity contribution in [2.75, 3.05) is 18.5 Å². The molecule has 1 saturated carbocycles. The highest BCUT2D eigenvalue weighted by Crippen LogP contribution is 2.44. The zero-order chi connectivity index (χ0) is 22.2. The van der Waals surface area contributed by atoms with Gasteiger partial charge in [-0.15, -0.1) is 0 Å². The first kappa shape index (κ1) is 21.7. The van der Waals surface area contributed by atoms with Crippen molar-refractivity contribution in [2.45, 2.75) is 50.9 Å². The number of benzene rings is 1. The maximum Gasteiger partial charge on any atom is 0.248 e. The van der Waals surface area contributed by atoms with E-state index in [9.17, 15) is 22.4 Å². The fraction of sp³-hybridized carbons (Fsp3) is 0.478. The van der Waals surface area contributed by atoms with E-state index in [-0.39, 0.29) is 66.2 Å². The first-order valence-electron chi connectivity index (χ1n) is 10.4. The molecule has 1 aromatic carbocycles. The van der Waals surface area contributed by atoms with Crippen LogP contribution in [-0.2, 0) is 9.53 Å². The first-order chi connectivity index (χ1) is 14.7. The molecule has 2 fully saturated rings. The molecule has 0 spiro atoms. The number of alkyl halides is 2. The van der Waals surface area contributed by atoms with Crippen molar-refractivity contribution in [1.82, 2.24) is 4.98 Å². The molecular formula is C23H24F4N2O2. The van der Waals surface area contributed by atoms with Crippen LogP contribution in [0.4, 0.5) is 23.2 Å². The summed E-state index contributed by atoms with van der Waals surface area (Å²) in [5.41, 5.74) is 0.668. The van der Waals surface area contributed by atoms with E-state index in [0.717, 1.165) is 18.2 Å². The minimum atomic E-state index is -2.72. The van der Waals surface area contributed by atoms with Gasteiger partial charge in [-0.1, -0.05) is 6.92 Å². The fourth-order valence-corrected chi connectivity index (χ4v) is 4.28. The molecule has 2 aromatic rings. The Morgan fingerprint density at radius 1 is 1.16 bits per heavy atom. The molecule has 8 heteroatoms. The van der Waals surface area contributed by atoms with Crippen molar-refractivity contribution in [3.63, 3.8) is 0 Å². The molecular weight excluding hydrogens is 412 g/mol. The van der Waals surface area contributed by atoms with Crippen molar-refractivity contribution < 1.29 is 27.1 Å². The second-order valence-corrected chi connectivity index (χ2v) is 8.90. The standard InChI is InChI=1S/C23H24F4N2O2/c1-22(12-31-13-22)11-19(30)29-21-16(17-10-15(24)2-3-18(17)25)6-9-28-20(21)14-4-7-23(26,27)8-5-14/h2-3,6,9-10,14H,4-5,7-8,11-13H2,1H3,(H,29,30). The van der Waals surface area contributed by atoms with Gasteiger partial charge in [0, 0.05) is 47.9 Å². The Bertz CT molecular complexity index is 982. The van der Waals surface area contributed by atoms with Gasteiger partial charge < -0.3 is 10.1 Å². The lowest BCUT2D eigenvalue weighted by Gasteiger charge is -2.37. The van der Waals surface area contributed by atoms with Gasteiger partial charge in [0.25, 0.3) is 0 Å². The highest BCUT2D eigenvalue weighted by atomic mass is 19.3. The summed E-state index contributed by atoms with van der Waals surface area (Å²) in [6.45, 7) is 2.85. The molecule has 2 aliphatic rings. The molecule has 0 bridgehead atoms. The van der Waals surface area contributed by atoms with Gasteiger partial charge in [-0.25, -0.2) is 17.6 Å². The van der Waals surface area contributed by atoms with E-state index in [0.29, 0.717) is 18.9 Å². The monoisotopic (exact) mass is 436 g/mol. The highest BCUT2D eigenvalue weighted by Gasteiger charge is 2.38.